The van der Waals surface area contributed by atoms with Crippen LogP contribution in [0.3, 0.4) is 0 Å². The molecule has 30 heavy (non-hydrogen) atoms. The molecule has 10 heteroatoms. The third kappa shape index (κ3) is 4.05. The second kappa shape index (κ2) is 7.77. The van der Waals surface area contributed by atoms with Crippen LogP contribution in [0.15, 0.2) is 46.1 Å². The van der Waals surface area contributed by atoms with E-state index < -0.39 is 16.1 Å². The minimum atomic E-state index is -3.66. The molecule has 2 fully saturated rings. The molecule has 1 aliphatic heterocycles. The Morgan fingerprint density at radius 1 is 1.13 bits per heavy atom. The largest absolute Gasteiger partial charge is 0.487 e. The minimum absolute atomic E-state index is 0.0862. The molecule has 1 N–H and O–H groups in total. The molecule has 1 saturated heterocycles. The first-order chi connectivity index (χ1) is 14.3. The molecule has 9 nitrogen and oxygen atoms in total. The molecule has 0 atom stereocenters. The van der Waals surface area contributed by atoms with E-state index in [2.05, 4.69) is 10.1 Å². The second-order valence-corrected chi connectivity index (χ2v) is 9.41. The van der Waals surface area contributed by atoms with Gasteiger partial charge in [0, 0.05) is 23.5 Å². The van der Waals surface area contributed by atoms with E-state index in [1.165, 1.54) is 41.7 Å². The van der Waals surface area contributed by atoms with Gasteiger partial charge in [-0.25, -0.2) is 13.2 Å². The fraction of sp³-hybridized carbons (Fsp3) is 0.400. The summed E-state index contributed by atoms with van der Waals surface area (Å²) in [7, 11) is -2.41. The van der Waals surface area contributed by atoms with Crippen molar-refractivity contribution < 1.29 is 22.7 Å². The van der Waals surface area contributed by atoms with E-state index in [0.29, 0.717) is 17.5 Å². The van der Waals surface area contributed by atoms with Gasteiger partial charge >= 0.3 is 6.09 Å². The van der Waals surface area contributed by atoms with Crippen molar-refractivity contribution in [2.75, 3.05) is 25.5 Å². The van der Waals surface area contributed by atoms with Crippen LogP contribution in [0.1, 0.15) is 24.6 Å². The van der Waals surface area contributed by atoms with Crippen molar-refractivity contribution in [2.24, 2.45) is 0 Å². The molecule has 2 aliphatic rings. The van der Waals surface area contributed by atoms with Gasteiger partial charge in [-0.05, 0) is 50.1 Å². The number of methoxy groups -OCH3 is 1. The van der Waals surface area contributed by atoms with E-state index in [-0.39, 0.29) is 29.6 Å². The Hall–Kier alpha value is -2.85. The van der Waals surface area contributed by atoms with E-state index >= 15 is 0 Å². The summed E-state index contributed by atoms with van der Waals surface area (Å²) in [5.74, 6) is 0.467. The fourth-order valence-electron chi connectivity index (χ4n) is 3.44. The number of aromatic nitrogens is 1. The van der Waals surface area contributed by atoms with E-state index in [4.69, 9.17) is 4.74 Å². The monoisotopic (exact) mass is 433 g/mol. The smallest absolute Gasteiger partial charge is 0.411 e. The number of carbonyl (C=O) groups excluding carboxylic acids is 1. The normalized spacial score (nSPS) is 17.3. The van der Waals surface area contributed by atoms with Gasteiger partial charge in [0.15, 0.2) is 0 Å². The van der Waals surface area contributed by atoms with Gasteiger partial charge in [-0.15, -0.1) is 0 Å². The quantitative estimate of drug-likeness (QED) is 0.748. The summed E-state index contributed by atoms with van der Waals surface area (Å²) >= 11 is 0. The molecule has 0 spiro atoms. The first-order valence-electron chi connectivity index (χ1n) is 9.63. The number of hydrogen-bond acceptors (Lipinski definition) is 6. The van der Waals surface area contributed by atoms with Gasteiger partial charge in [0.2, 0.25) is 10.0 Å². The summed E-state index contributed by atoms with van der Waals surface area (Å²) in [6.45, 7) is 2.29. The van der Waals surface area contributed by atoms with Gasteiger partial charge in [-0.3, -0.25) is 10.1 Å². The molecule has 160 valence electrons. The summed E-state index contributed by atoms with van der Waals surface area (Å²) in [5, 5.41) is 2.47. The van der Waals surface area contributed by atoms with E-state index in [1.54, 1.807) is 4.57 Å². The Kier molecular flexibility index (Phi) is 5.29. The van der Waals surface area contributed by atoms with Crippen LogP contribution < -0.4 is 15.6 Å². The van der Waals surface area contributed by atoms with Crippen molar-refractivity contribution in [2.45, 2.75) is 36.8 Å². The highest BCUT2D eigenvalue weighted by molar-refractivity contribution is 7.89. The minimum Gasteiger partial charge on any atom is -0.487 e. The zero-order valence-corrected chi connectivity index (χ0v) is 17.5. The molecule has 4 rings (SSSR count). The fourth-order valence-corrected chi connectivity index (χ4v) is 4.95. The Labute approximate surface area is 174 Å². The van der Waals surface area contributed by atoms with Gasteiger partial charge in [0.1, 0.15) is 11.9 Å². The lowest BCUT2D eigenvalue weighted by molar-refractivity contribution is 0.0758. The van der Waals surface area contributed by atoms with Crippen LogP contribution in [0.5, 0.6) is 5.75 Å². The Bertz CT molecular complexity index is 1120. The van der Waals surface area contributed by atoms with Gasteiger partial charge in [0.05, 0.1) is 25.1 Å². The zero-order valence-electron chi connectivity index (χ0n) is 16.7. The topological polar surface area (TPSA) is 107 Å². The van der Waals surface area contributed by atoms with Crippen LogP contribution >= 0.6 is 0 Å². The number of ether oxygens (including phenoxy) is 2. The maximum atomic E-state index is 12.7. The van der Waals surface area contributed by atoms with Gasteiger partial charge in [-0.2, -0.15) is 4.31 Å². The third-order valence-electron chi connectivity index (χ3n) is 5.19. The van der Waals surface area contributed by atoms with E-state index in [0.717, 1.165) is 18.5 Å². The molecular formula is C20H23N3O6S. The molecule has 1 aromatic carbocycles. The van der Waals surface area contributed by atoms with E-state index in [9.17, 15) is 18.0 Å². The first-order valence-corrected chi connectivity index (χ1v) is 11.1. The molecule has 0 unspecified atom stereocenters. The van der Waals surface area contributed by atoms with Crippen LogP contribution in [0, 0.1) is 6.92 Å². The van der Waals surface area contributed by atoms with Gasteiger partial charge < -0.3 is 14.0 Å². The van der Waals surface area contributed by atoms with Gasteiger partial charge in [0.25, 0.3) is 5.56 Å². The highest BCUT2D eigenvalue weighted by Crippen LogP contribution is 2.35. The maximum Gasteiger partial charge on any atom is 0.411 e. The molecule has 0 radical (unpaired) electrons. The lowest BCUT2D eigenvalue weighted by atomic mass is 10.2. The number of nitrogens with zero attached hydrogens (tertiary/aromatic N) is 2. The number of hydrogen-bond donors (Lipinski definition) is 1. The third-order valence-corrected chi connectivity index (χ3v) is 7.03. The number of pyridine rings is 1. The van der Waals surface area contributed by atoms with Crippen LogP contribution in [0.25, 0.3) is 0 Å². The number of sulfonamides is 1. The molecule has 2 heterocycles. The van der Waals surface area contributed by atoms with Crippen LogP contribution in [0.4, 0.5) is 10.5 Å². The number of rotatable bonds is 6. The van der Waals surface area contributed by atoms with Crippen molar-refractivity contribution in [1.29, 1.82) is 0 Å². The van der Waals surface area contributed by atoms with Crippen molar-refractivity contribution in [3.63, 3.8) is 0 Å². The first kappa shape index (κ1) is 20.4. The molecule has 0 bridgehead atoms. The molecule has 2 aromatic rings. The number of carbonyl (C=O) groups is 1. The standard InChI is InChI=1S/C20H23N3O6S/c1-13-9-16(10-19(24)23(13)15-5-6-15)29-17-11-22(12-17)30(26,27)18-7-3-14(4-8-18)21-20(25)28-2/h3-4,7-10,15,17H,5-6,11-12H2,1-2H3,(H,21,25). The lowest BCUT2D eigenvalue weighted by Gasteiger charge is -2.37. The zero-order chi connectivity index (χ0) is 21.5. The van der Waals surface area contributed by atoms with Crippen LogP contribution in [-0.4, -0.2) is 49.7 Å². The lowest BCUT2D eigenvalue weighted by Crippen LogP contribution is -2.56. The molecule has 1 aromatic heterocycles. The predicted octanol–water partition coefficient (Wildman–Crippen LogP) is 2.12. The van der Waals surface area contributed by atoms with Crippen LogP contribution in [0.2, 0.25) is 0 Å². The Balaban J connectivity index is 1.37. The van der Waals surface area contributed by atoms with Crippen LogP contribution in [-0.2, 0) is 14.8 Å². The number of anilines is 1. The molecule has 1 amide bonds. The number of amides is 1. The summed E-state index contributed by atoms with van der Waals surface area (Å²) in [4.78, 5) is 23.6. The summed E-state index contributed by atoms with van der Waals surface area (Å²) in [5.41, 5.74) is 1.20. The van der Waals surface area contributed by atoms with Gasteiger partial charge in [-0.1, -0.05) is 0 Å². The molecule has 1 aliphatic carbocycles. The number of nitrogens with one attached hydrogen (secondary N) is 1. The predicted molar refractivity (Wildman–Crippen MR) is 109 cm³/mol. The highest BCUT2D eigenvalue weighted by atomic mass is 32.2. The van der Waals surface area contributed by atoms with E-state index in [1.807, 2.05) is 13.0 Å². The number of aryl methyl sites for hydroxylation is 1. The van der Waals surface area contributed by atoms with Crippen molar-refractivity contribution in [3.05, 3.63) is 52.4 Å². The number of benzene rings is 1. The Morgan fingerprint density at radius 2 is 1.80 bits per heavy atom. The Morgan fingerprint density at radius 3 is 2.37 bits per heavy atom. The average molecular weight is 433 g/mol. The average Bonchev–Trinajstić information content (AvgIpc) is 3.49. The highest BCUT2D eigenvalue weighted by Gasteiger charge is 2.38. The SMILES string of the molecule is COC(=O)Nc1ccc(S(=O)(=O)N2CC(Oc3cc(C)n(C4CC4)c(=O)c3)C2)cc1. The summed E-state index contributed by atoms with van der Waals surface area (Å²) in [6.07, 6.45) is 1.11. The van der Waals surface area contributed by atoms with Crippen molar-refractivity contribution in [1.82, 2.24) is 8.87 Å². The molecular weight excluding hydrogens is 410 g/mol. The van der Waals surface area contributed by atoms with Crippen molar-refractivity contribution >= 4 is 21.8 Å². The molecule has 1 saturated carbocycles. The maximum absolute atomic E-state index is 12.7. The van der Waals surface area contributed by atoms with Crippen molar-refractivity contribution in [3.8, 4) is 5.75 Å². The summed E-state index contributed by atoms with van der Waals surface area (Å²) in [6, 6.07) is 9.43. The summed E-state index contributed by atoms with van der Waals surface area (Å²) < 4.78 is 38.9. The second-order valence-electron chi connectivity index (χ2n) is 7.47.